The molecule has 0 fully saturated rings. The fraction of sp³-hybridized carbons (Fsp3) is 0.0714. The van der Waals surface area contributed by atoms with Gasteiger partial charge in [0.1, 0.15) is 0 Å². The fourth-order valence-electron chi connectivity index (χ4n) is 2.29. The third-order valence-corrected chi connectivity index (χ3v) is 5.19. The Morgan fingerprint density at radius 1 is 0.833 bits per heavy atom. The molecule has 0 spiro atoms. The summed E-state index contributed by atoms with van der Waals surface area (Å²) in [6.07, 6.45) is 0. The smallest absolute Gasteiger partial charge is 0.193 e. The van der Waals surface area contributed by atoms with Gasteiger partial charge in [0.15, 0.2) is 20.9 Å². The molecule has 3 rings (SSSR count). The number of hydrogen-bond acceptors (Lipinski definition) is 3. The first-order valence-electron chi connectivity index (χ1n) is 5.54. The Kier molecular flexibility index (Phi) is 2.35. The molecule has 0 saturated heterocycles. The van der Waals surface area contributed by atoms with E-state index in [9.17, 15) is 13.2 Å². The van der Waals surface area contributed by atoms with Gasteiger partial charge in [-0.25, -0.2) is 8.42 Å². The number of sulfone groups is 1. The molecule has 0 saturated carbocycles. The third-order valence-electron chi connectivity index (χ3n) is 3.11. The van der Waals surface area contributed by atoms with Crippen molar-refractivity contribution in [3.05, 3.63) is 65.7 Å². The predicted molar refractivity (Wildman–Crippen MR) is 67.1 cm³/mol. The number of rotatable bonds is 1. The van der Waals surface area contributed by atoms with Gasteiger partial charge in [-0.3, -0.25) is 4.79 Å². The van der Waals surface area contributed by atoms with E-state index in [0.29, 0.717) is 11.1 Å². The van der Waals surface area contributed by atoms with Gasteiger partial charge >= 0.3 is 0 Å². The van der Waals surface area contributed by atoms with Crippen molar-refractivity contribution < 1.29 is 13.2 Å². The van der Waals surface area contributed by atoms with Gasteiger partial charge in [0.25, 0.3) is 0 Å². The Hall–Kier alpha value is -1.94. The highest BCUT2D eigenvalue weighted by Crippen LogP contribution is 2.40. The van der Waals surface area contributed by atoms with Gasteiger partial charge in [0, 0.05) is 5.56 Å². The topological polar surface area (TPSA) is 51.2 Å². The first-order chi connectivity index (χ1) is 8.62. The van der Waals surface area contributed by atoms with Crippen LogP contribution in [0.3, 0.4) is 0 Å². The molecule has 0 amide bonds. The minimum atomic E-state index is -3.60. The van der Waals surface area contributed by atoms with Crippen LogP contribution in [0.25, 0.3) is 0 Å². The van der Waals surface area contributed by atoms with Crippen LogP contribution in [0, 0.1) is 0 Å². The van der Waals surface area contributed by atoms with Crippen molar-refractivity contribution in [3.63, 3.8) is 0 Å². The van der Waals surface area contributed by atoms with E-state index in [1.165, 1.54) is 6.07 Å². The minimum absolute atomic E-state index is 0.142. The molecule has 2 aromatic rings. The Bertz CT molecular complexity index is 718. The van der Waals surface area contributed by atoms with Crippen LogP contribution in [-0.4, -0.2) is 14.2 Å². The number of carbonyl (C=O) groups excluding carboxylic acids is 1. The zero-order valence-corrected chi connectivity index (χ0v) is 10.2. The summed E-state index contributed by atoms with van der Waals surface area (Å²) >= 11 is 0. The highest BCUT2D eigenvalue weighted by atomic mass is 32.2. The number of benzene rings is 2. The van der Waals surface area contributed by atoms with E-state index in [2.05, 4.69) is 0 Å². The Balaban J connectivity index is 2.25. The first kappa shape index (κ1) is 11.2. The zero-order chi connectivity index (χ0) is 12.8. The van der Waals surface area contributed by atoms with Crippen molar-refractivity contribution in [2.24, 2.45) is 0 Å². The van der Waals surface area contributed by atoms with Crippen LogP contribution in [0.15, 0.2) is 59.5 Å². The molecule has 0 aliphatic carbocycles. The number of Topliss-reactive ketones (excluding diaryl/α,β-unsaturated/α-hetero) is 1. The lowest BCUT2D eigenvalue weighted by Gasteiger charge is -2.07. The lowest BCUT2D eigenvalue weighted by atomic mass is 10.0. The van der Waals surface area contributed by atoms with E-state index in [1.807, 2.05) is 0 Å². The van der Waals surface area contributed by atoms with E-state index in [-0.39, 0.29) is 10.7 Å². The molecule has 1 heterocycles. The van der Waals surface area contributed by atoms with E-state index in [0.717, 1.165) is 0 Å². The van der Waals surface area contributed by atoms with E-state index >= 15 is 0 Å². The molecule has 0 bridgehead atoms. The molecule has 1 unspecified atom stereocenters. The second kappa shape index (κ2) is 3.78. The number of fused-ring (bicyclic) bond motifs is 1. The maximum absolute atomic E-state index is 12.4. The first-order valence-corrected chi connectivity index (χ1v) is 7.09. The number of carbonyl (C=O) groups is 1. The summed E-state index contributed by atoms with van der Waals surface area (Å²) in [6, 6.07) is 15.0. The highest BCUT2D eigenvalue weighted by Gasteiger charge is 2.44. The summed E-state index contributed by atoms with van der Waals surface area (Å²) in [5.41, 5.74) is 0.824. The van der Waals surface area contributed by atoms with Gasteiger partial charge in [-0.2, -0.15) is 0 Å². The van der Waals surface area contributed by atoms with E-state index in [1.54, 1.807) is 48.5 Å². The molecule has 1 aliphatic heterocycles. The van der Waals surface area contributed by atoms with Crippen molar-refractivity contribution in [1.82, 2.24) is 0 Å². The monoisotopic (exact) mass is 258 g/mol. The second-order valence-corrected chi connectivity index (χ2v) is 6.20. The molecule has 3 nitrogen and oxygen atoms in total. The average Bonchev–Trinajstić information content (AvgIpc) is 2.59. The van der Waals surface area contributed by atoms with Gasteiger partial charge in [-0.1, -0.05) is 48.5 Å². The molecule has 0 radical (unpaired) electrons. The molecular weight excluding hydrogens is 248 g/mol. The molecule has 4 heteroatoms. The van der Waals surface area contributed by atoms with Crippen molar-refractivity contribution in [2.75, 3.05) is 0 Å². The van der Waals surface area contributed by atoms with Crippen molar-refractivity contribution in [1.29, 1.82) is 0 Å². The van der Waals surface area contributed by atoms with Crippen LogP contribution >= 0.6 is 0 Å². The summed E-state index contributed by atoms with van der Waals surface area (Å²) in [5, 5.41) is -1.09. The zero-order valence-electron chi connectivity index (χ0n) is 9.41. The largest absolute Gasteiger partial charge is 0.292 e. The molecular formula is C14H10O3S. The lowest BCUT2D eigenvalue weighted by molar-refractivity contribution is 0.0990. The lowest BCUT2D eigenvalue weighted by Crippen LogP contribution is -2.13. The van der Waals surface area contributed by atoms with Crippen LogP contribution in [0.4, 0.5) is 0 Å². The fourth-order valence-corrected chi connectivity index (χ4v) is 4.21. The average molecular weight is 258 g/mol. The van der Waals surface area contributed by atoms with Crippen LogP contribution in [-0.2, 0) is 9.84 Å². The van der Waals surface area contributed by atoms with Crippen molar-refractivity contribution >= 4 is 15.6 Å². The maximum atomic E-state index is 12.4. The summed E-state index contributed by atoms with van der Waals surface area (Å²) in [7, 11) is -3.60. The maximum Gasteiger partial charge on any atom is 0.193 e. The predicted octanol–water partition coefficient (Wildman–Crippen LogP) is 2.40. The van der Waals surface area contributed by atoms with E-state index in [4.69, 9.17) is 0 Å². The minimum Gasteiger partial charge on any atom is -0.292 e. The normalized spacial score (nSPS) is 20.7. The van der Waals surface area contributed by atoms with Gasteiger partial charge in [0.2, 0.25) is 0 Å². The Morgan fingerprint density at radius 2 is 1.44 bits per heavy atom. The summed E-state index contributed by atoms with van der Waals surface area (Å²) in [4.78, 5) is 12.4. The Labute approximate surface area is 105 Å². The molecule has 1 aliphatic rings. The summed E-state index contributed by atoms with van der Waals surface area (Å²) in [6.45, 7) is 0. The summed E-state index contributed by atoms with van der Waals surface area (Å²) in [5.74, 6) is -0.336. The van der Waals surface area contributed by atoms with Crippen LogP contribution in [0.1, 0.15) is 21.2 Å². The van der Waals surface area contributed by atoms with Crippen molar-refractivity contribution in [2.45, 2.75) is 10.1 Å². The molecule has 90 valence electrons. The molecule has 1 atom stereocenters. The second-order valence-electron chi connectivity index (χ2n) is 4.20. The van der Waals surface area contributed by atoms with Gasteiger partial charge < -0.3 is 0 Å². The molecule has 0 aromatic heterocycles. The number of ketones is 1. The highest BCUT2D eigenvalue weighted by molar-refractivity contribution is 7.93. The van der Waals surface area contributed by atoms with Gasteiger partial charge in [0.05, 0.1) is 4.90 Å². The summed E-state index contributed by atoms with van der Waals surface area (Å²) < 4.78 is 24.7. The van der Waals surface area contributed by atoms with Gasteiger partial charge in [-0.15, -0.1) is 0 Å². The van der Waals surface area contributed by atoms with Crippen LogP contribution in [0.2, 0.25) is 0 Å². The van der Waals surface area contributed by atoms with E-state index < -0.39 is 15.1 Å². The molecule has 2 aromatic carbocycles. The van der Waals surface area contributed by atoms with Crippen LogP contribution in [0.5, 0.6) is 0 Å². The molecule has 0 N–H and O–H groups in total. The standard InChI is InChI=1S/C14H10O3S/c15-13-11-8-4-5-9-12(11)18(16,17)14(13)10-6-2-1-3-7-10/h1-9,14H. The third kappa shape index (κ3) is 1.42. The van der Waals surface area contributed by atoms with Crippen molar-refractivity contribution in [3.8, 4) is 0 Å². The number of hydrogen-bond donors (Lipinski definition) is 0. The molecule has 18 heavy (non-hydrogen) atoms. The SMILES string of the molecule is O=C1c2ccccc2S(=O)(=O)C1c1ccccc1. The quantitative estimate of drug-likeness (QED) is 0.789. The van der Waals surface area contributed by atoms with Crippen LogP contribution < -0.4 is 0 Å². The Morgan fingerprint density at radius 3 is 2.11 bits per heavy atom. The van der Waals surface area contributed by atoms with Gasteiger partial charge in [-0.05, 0) is 11.6 Å².